The van der Waals surface area contributed by atoms with Crippen molar-refractivity contribution in [2.24, 2.45) is 0 Å². The third-order valence-electron chi connectivity index (χ3n) is 3.37. The van der Waals surface area contributed by atoms with Gasteiger partial charge in [0, 0.05) is 16.3 Å². The van der Waals surface area contributed by atoms with E-state index in [1.807, 2.05) is 49.4 Å². The molecular formula is C17H14N2S. The van der Waals surface area contributed by atoms with Crippen LogP contribution in [0.4, 0.5) is 5.69 Å². The highest BCUT2D eigenvalue weighted by Crippen LogP contribution is 2.36. The number of hydrogen-bond acceptors (Lipinski definition) is 3. The number of benzene rings is 2. The molecule has 1 heterocycles. The highest BCUT2D eigenvalue weighted by atomic mass is 32.2. The smallest absolute Gasteiger partial charge is 0.102 e. The molecule has 2 nitrogen and oxygen atoms in total. The molecule has 0 saturated heterocycles. The van der Waals surface area contributed by atoms with E-state index >= 15 is 0 Å². The standard InChI is InChI=1S/C17H14N2S/c1-12-6-2-3-7-13(12)14(10-18)16-11-20-17-9-5-4-8-15(17)19-16/h2-9,19H,11H2,1H3/b16-14-. The fraction of sp³-hybridized carbons (Fsp3) is 0.118. The van der Waals surface area contributed by atoms with Gasteiger partial charge in [0.1, 0.15) is 6.07 Å². The average molecular weight is 278 g/mol. The summed E-state index contributed by atoms with van der Waals surface area (Å²) in [5.41, 5.74) is 4.95. The van der Waals surface area contributed by atoms with Crippen LogP contribution < -0.4 is 5.32 Å². The molecule has 0 saturated carbocycles. The zero-order chi connectivity index (χ0) is 13.9. The number of allylic oxidation sites excluding steroid dienone is 1. The zero-order valence-electron chi connectivity index (χ0n) is 11.2. The quantitative estimate of drug-likeness (QED) is 0.783. The van der Waals surface area contributed by atoms with Gasteiger partial charge in [-0.05, 0) is 30.2 Å². The average Bonchev–Trinajstić information content (AvgIpc) is 2.50. The number of thioether (sulfide) groups is 1. The summed E-state index contributed by atoms with van der Waals surface area (Å²) in [5, 5.41) is 13.0. The summed E-state index contributed by atoms with van der Waals surface area (Å²) < 4.78 is 0. The van der Waals surface area contributed by atoms with Gasteiger partial charge in [0.05, 0.1) is 11.3 Å². The van der Waals surface area contributed by atoms with E-state index in [1.54, 1.807) is 11.8 Å². The van der Waals surface area contributed by atoms with Crippen LogP contribution in [0.5, 0.6) is 0 Å². The molecule has 1 N–H and O–H groups in total. The van der Waals surface area contributed by atoms with Crippen LogP contribution >= 0.6 is 11.8 Å². The van der Waals surface area contributed by atoms with E-state index in [0.717, 1.165) is 33.8 Å². The Kier molecular flexibility index (Phi) is 3.49. The van der Waals surface area contributed by atoms with Gasteiger partial charge in [-0.2, -0.15) is 5.26 Å². The fourth-order valence-electron chi connectivity index (χ4n) is 2.32. The van der Waals surface area contributed by atoms with Crippen LogP contribution in [0.3, 0.4) is 0 Å². The Balaban J connectivity index is 2.06. The van der Waals surface area contributed by atoms with E-state index in [-0.39, 0.29) is 0 Å². The first-order valence-electron chi connectivity index (χ1n) is 6.47. The number of fused-ring (bicyclic) bond motifs is 1. The normalized spacial score (nSPS) is 15.8. The van der Waals surface area contributed by atoms with Crippen LogP contribution in [-0.2, 0) is 0 Å². The van der Waals surface area contributed by atoms with Gasteiger partial charge < -0.3 is 5.32 Å². The Labute approximate surface area is 123 Å². The molecule has 3 heteroatoms. The van der Waals surface area contributed by atoms with Gasteiger partial charge in [0.2, 0.25) is 0 Å². The van der Waals surface area contributed by atoms with Gasteiger partial charge in [0.25, 0.3) is 0 Å². The van der Waals surface area contributed by atoms with Crippen LogP contribution in [0, 0.1) is 18.3 Å². The van der Waals surface area contributed by atoms with E-state index in [9.17, 15) is 5.26 Å². The summed E-state index contributed by atoms with van der Waals surface area (Å²) in [6.07, 6.45) is 0. The minimum atomic E-state index is 0.741. The lowest BCUT2D eigenvalue weighted by Crippen LogP contribution is -2.11. The molecule has 0 unspecified atom stereocenters. The Hall–Kier alpha value is -2.18. The molecule has 0 amide bonds. The lowest BCUT2D eigenvalue weighted by Gasteiger charge is -2.22. The maximum Gasteiger partial charge on any atom is 0.102 e. The number of nitriles is 1. The number of anilines is 1. The third kappa shape index (κ3) is 2.31. The number of nitrogens with one attached hydrogen (secondary N) is 1. The minimum Gasteiger partial charge on any atom is -0.356 e. The predicted octanol–water partition coefficient (Wildman–Crippen LogP) is 4.45. The van der Waals surface area contributed by atoms with Crippen molar-refractivity contribution in [3.63, 3.8) is 0 Å². The number of rotatable bonds is 1. The molecule has 0 radical (unpaired) electrons. The van der Waals surface area contributed by atoms with Gasteiger partial charge >= 0.3 is 0 Å². The van der Waals surface area contributed by atoms with Crippen molar-refractivity contribution >= 4 is 23.0 Å². The van der Waals surface area contributed by atoms with E-state index in [0.29, 0.717) is 0 Å². The maximum absolute atomic E-state index is 9.55. The molecule has 0 atom stereocenters. The molecule has 0 aromatic heterocycles. The Bertz CT molecular complexity index is 726. The molecule has 0 aliphatic carbocycles. The van der Waals surface area contributed by atoms with Gasteiger partial charge in [-0.1, -0.05) is 36.4 Å². The molecule has 0 spiro atoms. The number of para-hydroxylation sites is 1. The molecule has 20 heavy (non-hydrogen) atoms. The summed E-state index contributed by atoms with van der Waals surface area (Å²) in [6, 6.07) is 18.6. The van der Waals surface area contributed by atoms with Crippen LogP contribution in [0.25, 0.3) is 5.57 Å². The van der Waals surface area contributed by atoms with Gasteiger partial charge in [-0.3, -0.25) is 0 Å². The molecule has 1 aliphatic rings. The molecule has 0 fully saturated rings. The minimum absolute atomic E-state index is 0.741. The molecule has 98 valence electrons. The lowest BCUT2D eigenvalue weighted by molar-refractivity contribution is 1.28. The van der Waals surface area contributed by atoms with Crippen molar-refractivity contribution in [3.8, 4) is 6.07 Å². The second-order valence-electron chi connectivity index (χ2n) is 4.69. The van der Waals surface area contributed by atoms with E-state index in [4.69, 9.17) is 0 Å². The van der Waals surface area contributed by atoms with Crippen molar-refractivity contribution in [2.75, 3.05) is 11.1 Å². The largest absolute Gasteiger partial charge is 0.356 e. The van der Waals surface area contributed by atoms with E-state index in [1.165, 1.54) is 4.90 Å². The third-order valence-corrected chi connectivity index (χ3v) is 4.47. The molecule has 1 aliphatic heterocycles. The van der Waals surface area contributed by atoms with Crippen LogP contribution in [0.15, 0.2) is 59.1 Å². The first-order valence-corrected chi connectivity index (χ1v) is 7.46. The molecule has 0 bridgehead atoms. The van der Waals surface area contributed by atoms with Gasteiger partial charge in [-0.25, -0.2) is 0 Å². The summed E-state index contributed by atoms with van der Waals surface area (Å²) in [5.74, 6) is 0.800. The van der Waals surface area contributed by atoms with Crippen molar-refractivity contribution in [3.05, 3.63) is 65.4 Å². The predicted molar refractivity (Wildman–Crippen MR) is 84.5 cm³/mol. The Morgan fingerprint density at radius 2 is 1.90 bits per heavy atom. The van der Waals surface area contributed by atoms with Crippen molar-refractivity contribution in [1.82, 2.24) is 0 Å². The number of hydrogen-bond donors (Lipinski definition) is 1. The Morgan fingerprint density at radius 1 is 1.15 bits per heavy atom. The monoisotopic (exact) mass is 278 g/mol. The molecule has 3 rings (SSSR count). The van der Waals surface area contributed by atoms with E-state index < -0.39 is 0 Å². The highest BCUT2D eigenvalue weighted by Gasteiger charge is 2.17. The fourth-order valence-corrected chi connectivity index (χ4v) is 3.29. The van der Waals surface area contributed by atoms with Gasteiger partial charge in [-0.15, -0.1) is 11.8 Å². The van der Waals surface area contributed by atoms with Crippen LogP contribution in [-0.4, -0.2) is 5.75 Å². The first kappa shape index (κ1) is 12.8. The number of nitrogens with zero attached hydrogens (tertiary/aromatic N) is 1. The van der Waals surface area contributed by atoms with Crippen LogP contribution in [0.2, 0.25) is 0 Å². The van der Waals surface area contributed by atoms with Crippen molar-refractivity contribution in [2.45, 2.75) is 11.8 Å². The highest BCUT2D eigenvalue weighted by molar-refractivity contribution is 7.99. The summed E-state index contributed by atoms with van der Waals surface area (Å²) in [4.78, 5) is 1.23. The molecular weight excluding hydrogens is 264 g/mol. The molecule has 2 aromatic carbocycles. The SMILES string of the molecule is Cc1ccccc1/C(C#N)=C1/CSc2ccccc2N1. The lowest BCUT2D eigenvalue weighted by atomic mass is 10.00. The second kappa shape index (κ2) is 5.44. The summed E-state index contributed by atoms with van der Waals surface area (Å²) in [6.45, 7) is 2.04. The van der Waals surface area contributed by atoms with Crippen LogP contribution in [0.1, 0.15) is 11.1 Å². The number of aryl methyl sites for hydroxylation is 1. The summed E-state index contributed by atoms with van der Waals surface area (Å²) in [7, 11) is 0. The van der Waals surface area contributed by atoms with E-state index in [2.05, 4.69) is 17.5 Å². The zero-order valence-corrected chi connectivity index (χ0v) is 12.0. The summed E-state index contributed by atoms with van der Waals surface area (Å²) >= 11 is 1.77. The second-order valence-corrected chi connectivity index (χ2v) is 5.71. The van der Waals surface area contributed by atoms with Crippen molar-refractivity contribution < 1.29 is 0 Å². The first-order chi connectivity index (χ1) is 9.79. The van der Waals surface area contributed by atoms with Crippen molar-refractivity contribution in [1.29, 1.82) is 5.26 Å². The maximum atomic E-state index is 9.55. The van der Waals surface area contributed by atoms with Gasteiger partial charge in [0.15, 0.2) is 0 Å². The topological polar surface area (TPSA) is 35.8 Å². The molecule has 2 aromatic rings. The Morgan fingerprint density at radius 3 is 2.70 bits per heavy atom.